The Labute approximate surface area is 120 Å². The number of rotatable bonds is 5. The number of carboxylic acid groups (broad SMARTS) is 1. The van der Waals surface area contributed by atoms with E-state index in [0.29, 0.717) is 26.2 Å². The smallest absolute Gasteiger partial charge is 0.318 e. The van der Waals surface area contributed by atoms with E-state index in [2.05, 4.69) is 15.6 Å². The lowest BCUT2D eigenvalue weighted by Gasteiger charge is -2.34. The van der Waals surface area contributed by atoms with E-state index in [1.54, 1.807) is 23.3 Å². The van der Waals surface area contributed by atoms with Gasteiger partial charge in [0.2, 0.25) is 5.91 Å². The molecule has 1 unspecified atom stereocenters. The van der Waals surface area contributed by atoms with E-state index in [9.17, 15) is 14.4 Å². The predicted molar refractivity (Wildman–Crippen MR) is 71.4 cm³/mol. The molecule has 3 N–H and O–H groups in total. The van der Waals surface area contributed by atoms with Gasteiger partial charge in [0.05, 0.1) is 12.7 Å². The minimum absolute atomic E-state index is 0.292. The molecule has 0 saturated carbocycles. The molecule has 1 aromatic heterocycles. The van der Waals surface area contributed by atoms with Crippen LogP contribution in [0, 0.1) is 0 Å². The number of nitrogens with zero attached hydrogens (tertiary/aromatic N) is 3. The molecule has 21 heavy (non-hydrogen) atoms. The Hall–Kier alpha value is -2.58. The van der Waals surface area contributed by atoms with Gasteiger partial charge in [0.1, 0.15) is 6.04 Å². The molecular formula is C12H17N5O4. The third kappa shape index (κ3) is 3.94. The third-order valence-electron chi connectivity index (χ3n) is 3.17. The number of hydrogen-bond donors (Lipinski definition) is 3. The Balaban J connectivity index is 1.88. The van der Waals surface area contributed by atoms with E-state index >= 15 is 0 Å². The Morgan fingerprint density at radius 2 is 2.33 bits per heavy atom. The van der Waals surface area contributed by atoms with Gasteiger partial charge in [-0.15, -0.1) is 0 Å². The SMILES string of the molecule is O=C(O)CC1C(=O)NCCN1C(=O)NCCn1ccnc1. The molecule has 9 nitrogen and oxygen atoms in total. The maximum absolute atomic E-state index is 12.1. The first-order chi connectivity index (χ1) is 10.1. The lowest BCUT2D eigenvalue weighted by molar-refractivity contribution is -0.142. The summed E-state index contributed by atoms with van der Waals surface area (Å²) in [6.45, 7) is 1.53. The van der Waals surface area contributed by atoms with E-state index in [0.717, 1.165) is 0 Å². The molecule has 0 spiro atoms. The average molecular weight is 295 g/mol. The molecular weight excluding hydrogens is 278 g/mol. The van der Waals surface area contributed by atoms with Crippen LogP contribution in [-0.4, -0.2) is 63.1 Å². The second kappa shape index (κ2) is 6.73. The standard InChI is InChI=1S/C12H17N5O4/c18-10(19)7-9-11(20)14-3-6-17(9)12(21)15-2-5-16-4-1-13-8-16/h1,4,8-9H,2-3,5-7H2,(H,14,20)(H,15,21)(H,18,19). The summed E-state index contributed by atoms with van der Waals surface area (Å²) < 4.78 is 1.80. The van der Waals surface area contributed by atoms with Gasteiger partial charge in [0.25, 0.3) is 0 Å². The molecule has 114 valence electrons. The fourth-order valence-corrected chi connectivity index (χ4v) is 2.14. The van der Waals surface area contributed by atoms with Crippen molar-refractivity contribution in [1.82, 2.24) is 25.1 Å². The number of amides is 3. The molecule has 0 aromatic carbocycles. The van der Waals surface area contributed by atoms with E-state index < -0.39 is 30.4 Å². The van der Waals surface area contributed by atoms with E-state index in [1.165, 1.54) is 4.90 Å². The predicted octanol–water partition coefficient (Wildman–Crippen LogP) is -1.13. The molecule has 1 fully saturated rings. The number of carbonyl (C=O) groups excluding carboxylic acids is 2. The number of nitrogens with one attached hydrogen (secondary N) is 2. The van der Waals surface area contributed by atoms with Crippen molar-refractivity contribution in [2.45, 2.75) is 19.0 Å². The van der Waals surface area contributed by atoms with Gasteiger partial charge >= 0.3 is 12.0 Å². The minimum atomic E-state index is -1.12. The van der Waals surface area contributed by atoms with Crippen LogP contribution >= 0.6 is 0 Å². The normalized spacial score (nSPS) is 18.2. The summed E-state index contributed by atoms with van der Waals surface area (Å²) in [6.07, 6.45) is 4.64. The molecule has 2 heterocycles. The van der Waals surface area contributed by atoms with Gasteiger partial charge in [-0.3, -0.25) is 9.59 Å². The lowest BCUT2D eigenvalue weighted by atomic mass is 10.1. The van der Waals surface area contributed by atoms with Crippen LogP contribution in [0.4, 0.5) is 4.79 Å². The van der Waals surface area contributed by atoms with Crippen molar-refractivity contribution in [1.29, 1.82) is 0 Å². The van der Waals surface area contributed by atoms with Crippen molar-refractivity contribution in [2.24, 2.45) is 0 Å². The number of carbonyl (C=O) groups is 3. The lowest BCUT2D eigenvalue weighted by Crippen LogP contribution is -2.60. The number of aliphatic carboxylic acids is 1. The van der Waals surface area contributed by atoms with Crippen molar-refractivity contribution in [3.63, 3.8) is 0 Å². The molecule has 0 aliphatic carbocycles. The monoisotopic (exact) mass is 295 g/mol. The van der Waals surface area contributed by atoms with Crippen LogP contribution in [0.3, 0.4) is 0 Å². The molecule has 1 aliphatic rings. The zero-order chi connectivity index (χ0) is 15.2. The summed E-state index contributed by atoms with van der Waals surface area (Å²) in [6, 6.07) is -1.40. The number of carboxylic acids is 1. The Morgan fingerprint density at radius 1 is 1.52 bits per heavy atom. The number of hydrogen-bond acceptors (Lipinski definition) is 4. The molecule has 1 saturated heterocycles. The Kier molecular flexibility index (Phi) is 4.75. The van der Waals surface area contributed by atoms with Gasteiger partial charge in [-0.1, -0.05) is 0 Å². The van der Waals surface area contributed by atoms with Crippen LogP contribution in [0.5, 0.6) is 0 Å². The van der Waals surface area contributed by atoms with Gasteiger partial charge in [-0.05, 0) is 0 Å². The first kappa shape index (κ1) is 14.8. The summed E-state index contributed by atoms with van der Waals surface area (Å²) in [7, 11) is 0. The van der Waals surface area contributed by atoms with Crippen LogP contribution < -0.4 is 10.6 Å². The maximum Gasteiger partial charge on any atom is 0.318 e. The van der Waals surface area contributed by atoms with Crippen molar-refractivity contribution >= 4 is 17.9 Å². The Morgan fingerprint density at radius 3 is 3.00 bits per heavy atom. The minimum Gasteiger partial charge on any atom is -0.481 e. The first-order valence-electron chi connectivity index (χ1n) is 6.57. The second-order valence-corrected chi connectivity index (χ2v) is 4.63. The van der Waals surface area contributed by atoms with Crippen molar-refractivity contribution in [3.05, 3.63) is 18.7 Å². The molecule has 2 rings (SSSR count). The van der Waals surface area contributed by atoms with Gasteiger partial charge in [0, 0.05) is 38.6 Å². The van der Waals surface area contributed by atoms with E-state index in [1.807, 2.05) is 0 Å². The molecule has 1 aromatic rings. The van der Waals surface area contributed by atoms with Crippen LogP contribution in [0.2, 0.25) is 0 Å². The van der Waals surface area contributed by atoms with Gasteiger partial charge in [0.15, 0.2) is 0 Å². The average Bonchev–Trinajstić information content (AvgIpc) is 2.93. The third-order valence-corrected chi connectivity index (χ3v) is 3.17. The first-order valence-corrected chi connectivity index (χ1v) is 6.57. The topological polar surface area (TPSA) is 117 Å². The van der Waals surface area contributed by atoms with Crippen molar-refractivity contribution in [2.75, 3.05) is 19.6 Å². The van der Waals surface area contributed by atoms with Crippen LogP contribution in [-0.2, 0) is 16.1 Å². The quantitative estimate of drug-likeness (QED) is 0.635. The number of piperazine rings is 1. The summed E-state index contributed by atoms with van der Waals surface area (Å²) in [5.74, 6) is -1.55. The highest BCUT2D eigenvalue weighted by Crippen LogP contribution is 2.09. The largest absolute Gasteiger partial charge is 0.481 e. The molecule has 3 amide bonds. The Bertz CT molecular complexity index is 516. The highest BCUT2D eigenvalue weighted by Gasteiger charge is 2.34. The molecule has 0 radical (unpaired) electrons. The highest BCUT2D eigenvalue weighted by atomic mass is 16.4. The zero-order valence-corrected chi connectivity index (χ0v) is 11.4. The number of aromatic nitrogens is 2. The fourth-order valence-electron chi connectivity index (χ4n) is 2.14. The summed E-state index contributed by atoms with van der Waals surface area (Å²) in [5.41, 5.74) is 0. The summed E-state index contributed by atoms with van der Waals surface area (Å²) in [4.78, 5) is 39.7. The van der Waals surface area contributed by atoms with E-state index in [-0.39, 0.29) is 0 Å². The number of urea groups is 1. The van der Waals surface area contributed by atoms with E-state index in [4.69, 9.17) is 5.11 Å². The summed E-state index contributed by atoms with van der Waals surface area (Å²) >= 11 is 0. The van der Waals surface area contributed by atoms with Gasteiger partial charge in [-0.2, -0.15) is 0 Å². The second-order valence-electron chi connectivity index (χ2n) is 4.63. The highest BCUT2D eigenvalue weighted by molar-refractivity contribution is 5.91. The van der Waals surface area contributed by atoms with Crippen LogP contribution in [0.15, 0.2) is 18.7 Å². The molecule has 9 heteroatoms. The number of imidazole rings is 1. The molecule has 0 bridgehead atoms. The van der Waals surface area contributed by atoms with Crippen LogP contribution in [0.25, 0.3) is 0 Å². The fraction of sp³-hybridized carbons (Fsp3) is 0.500. The maximum atomic E-state index is 12.1. The zero-order valence-electron chi connectivity index (χ0n) is 11.4. The van der Waals surface area contributed by atoms with Crippen molar-refractivity contribution < 1.29 is 19.5 Å². The van der Waals surface area contributed by atoms with Crippen LogP contribution in [0.1, 0.15) is 6.42 Å². The van der Waals surface area contributed by atoms with Gasteiger partial charge in [-0.25, -0.2) is 9.78 Å². The summed E-state index contributed by atoms with van der Waals surface area (Å²) in [5, 5.41) is 14.1. The van der Waals surface area contributed by atoms with Crippen molar-refractivity contribution in [3.8, 4) is 0 Å². The molecule has 1 atom stereocenters. The van der Waals surface area contributed by atoms with Gasteiger partial charge < -0.3 is 25.2 Å². The molecule has 1 aliphatic heterocycles.